The highest BCUT2D eigenvalue weighted by Crippen LogP contribution is 2.48. The van der Waals surface area contributed by atoms with Crippen LogP contribution in [0, 0.1) is 5.82 Å². The van der Waals surface area contributed by atoms with Gasteiger partial charge in [-0.3, -0.25) is 0 Å². The lowest BCUT2D eigenvalue weighted by molar-refractivity contribution is 0.163. The molecule has 1 aromatic carbocycles. The smallest absolute Gasteiger partial charge is 0.227 e. The fourth-order valence-corrected chi connectivity index (χ4v) is 6.80. The number of sulfonamides is 1. The standard InChI is InChI=1S/C15H22FNO3S2/c1-4-7-17(9-10(2)18)22(19,20)15-11(3)13-8-12(16)5-6-14(13)21-15/h5-6,8,10-11,15,18H,4,7,9H2,1-3H3. The molecule has 1 heterocycles. The minimum absolute atomic E-state index is 0.0880. The molecule has 0 saturated carbocycles. The summed E-state index contributed by atoms with van der Waals surface area (Å²) in [5.74, 6) is -0.632. The largest absolute Gasteiger partial charge is 0.392 e. The lowest BCUT2D eigenvalue weighted by Crippen LogP contribution is -2.42. The Morgan fingerprint density at radius 1 is 1.45 bits per heavy atom. The minimum Gasteiger partial charge on any atom is -0.392 e. The summed E-state index contributed by atoms with van der Waals surface area (Å²) < 4.78 is 39.9. The first-order chi connectivity index (χ1) is 10.3. The minimum atomic E-state index is -3.57. The van der Waals surface area contributed by atoms with Gasteiger partial charge in [-0.05, 0) is 37.1 Å². The highest BCUT2D eigenvalue weighted by atomic mass is 32.3. The van der Waals surface area contributed by atoms with Gasteiger partial charge in [-0.25, -0.2) is 12.8 Å². The third-order valence-electron chi connectivity index (χ3n) is 3.71. The fourth-order valence-electron chi connectivity index (χ4n) is 2.69. The molecule has 0 spiro atoms. The van der Waals surface area contributed by atoms with E-state index in [-0.39, 0.29) is 18.3 Å². The molecule has 1 N–H and O–H groups in total. The molecule has 0 aromatic heterocycles. The molecule has 0 bridgehead atoms. The van der Waals surface area contributed by atoms with Crippen molar-refractivity contribution in [1.29, 1.82) is 0 Å². The van der Waals surface area contributed by atoms with E-state index in [2.05, 4.69) is 0 Å². The monoisotopic (exact) mass is 347 g/mol. The number of hydrogen-bond acceptors (Lipinski definition) is 4. The Bertz CT molecular complexity index is 634. The normalized spacial score (nSPS) is 22.8. The summed E-state index contributed by atoms with van der Waals surface area (Å²) in [5.41, 5.74) is 0.743. The molecule has 0 radical (unpaired) electrons. The zero-order chi connectivity index (χ0) is 16.5. The molecule has 22 heavy (non-hydrogen) atoms. The zero-order valence-electron chi connectivity index (χ0n) is 13.0. The zero-order valence-corrected chi connectivity index (χ0v) is 14.6. The van der Waals surface area contributed by atoms with Crippen molar-refractivity contribution in [2.45, 2.75) is 48.7 Å². The second-order valence-electron chi connectivity index (χ2n) is 5.71. The van der Waals surface area contributed by atoms with E-state index in [9.17, 15) is 17.9 Å². The van der Waals surface area contributed by atoms with Gasteiger partial charge in [-0.15, -0.1) is 11.8 Å². The van der Waals surface area contributed by atoms with Gasteiger partial charge in [0.2, 0.25) is 10.0 Å². The van der Waals surface area contributed by atoms with Crippen LogP contribution >= 0.6 is 11.8 Å². The highest BCUT2D eigenvalue weighted by molar-refractivity contribution is 8.13. The summed E-state index contributed by atoms with van der Waals surface area (Å²) >= 11 is 1.26. The van der Waals surface area contributed by atoms with Crippen LogP contribution in [0.2, 0.25) is 0 Å². The Balaban J connectivity index is 2.30. The number of aliphatic hydroxyl groups excluding tert-OH is 1. The predicted molar refractivity (Wildman–Crippen MR) is 86.9 cm³/mol. The van der Waals surface area contributed by atoms with Gasteiger partial charge in [0.15, 0.2) is 0 Å². The molecule has 4 nitrogen and oxygen atoms in total. The molecule has 2 rings (SSSR count). The van der Waals surface area contributed by atoms with E-state index < -0.39 is 20.7 Å². The van der Waals surface area contributed by atoms with E-state index >= 15 is 0 Å². The van der Waals surface area contributed by atoms with Crippen LogP contribution in [0.5, 0.6) is 0 Å². The quantitative estimate of drug-likeness (QED) is 0.860. The van der Waals surface area contributed by atoms with Gasteiger partial charge in [0.25, 0.3) is 0 Å². The molecule has 3 atom stereocenters. The van der Waals surface area contributed by atoms with Crippen molar-refractivity contribution in [2.24, 2.45) is 0 Å². The highest BCUT2D eigenvalue weighted by Gasteiger charge is 2.42. The predicted octanol–water partition coefficient (Wildman–Crippen LogP) is 2.78. The van der Waals surface area contributed by atoms with Crippen LogP contribution in [0.25, 0.3) is 0 Å². The molecule has 1 aliphatic heterocycles. The summed E-state index contributed by atoms with van der Waals surface area (Å²) in [5, 5.41) is 9.57. The van der Waals surface area contributed by atoms with Crippen LogP contribution in [-0.2, 0) is 10.0 Å². The van der Waals surface area contributed by atoms with Crippen LogP contribution in [0.4, 0.5) is 4.39 Å². The van der Waals surface area contributed by atoms with Gasteiger partial charge in [-0.1, -0.05) is 13.8 Å². The molecule has 7 heteroatoms. The van der Waals surface area contributed by atoms with Gasteiger partial charge in [0.1, 0.15) is 10.4 Å². The Labute approximate surface area is 135 Å². The van der Waals surface area contributed by atoms with Crippen molar-refractivity contribution in [3.8, 4) is 0 Å². The lowest BCUT2D eigenvalue weighted by atomic mass is 10.0. The number of thioether (sulfide) groups is 1. The average Bonchev–Trinajstić information content (AvgIpc) is 2.76. The summed E-state index contributed by atoms with van der Waals surface area (Å²) in [6, 6.07) is 4.41. The van der Waals surface area contributed by atoms with Gasteiger partial charge in [0.05, 0.1) is 6.10 Å². The topological polar surface area (TPSA) is 57.6 Å². The third-order valence-corrected chi connectivity index (χ3v) is 8.04. The number of benzene rings is 1. The fraction of sp³-hybridized carbons (Fsp3) is 0.600. The molecule has 1 aliphatic rings. The SMILES string of the molecule is CCCN(CC(C)O)S(=O)(=O)C1Sc2ccc(F)cc2C1C. The van der Waals surface area contributed by atoms with Crippen LogP contribution < -0.4 is 0 Å². The van der Waals surface area contributed by atoms with E-state index in [1.54, 1.807) is 13.0 Å². The number of hydrogen-bond donors (Lipinski definition) is 1. The van der Waals surface area contributed by atoms with Gasteiger partial charge < -0.3 is 5.11 Å². The molecular formula is C15H22FNO3S2. The number of nitrogens with zero attached hydrogens (tertiary/aromatic N) is 1. The maximum Gasteiger partial charge on any atom is 0.227 e. The average molecular weight is 347 g/mol. The van der Waals surface area contributed by atoms with Crippen LogP contribution in [0.15, 0.2) is 23.1 Å². The first-order valence-corrected chi connectivity index (χ1v) is 9.78. The maximum absolute atomic E-state index is 13.4. The molecule has 0 fully saturated rings. The van der Waals surface area contributed by atoms with Gasteiger partial charge >= 0.3 is 0 Å². The Morgan fingerprint density at radius 3 is 2.73 bits per heavy atom. The van der Waals surface area contributed by atoms with Gasteiger partial charge in [0, 0.05) is 23.9 Å². The number of rotatable bonds is 6. The molecule has 1 aromatic rings. The first kappa shape index (κ1) is 17.7. The second kappa shape index (κ2) is 6.86. The van der Waals surface area contributed by atoms with Crippen molar-refractivity contribution in [2.75, 3.05) is 13.1 Å². The molecule has 0 saturated heterocycles. The van der Waals surface area contributed by atoms with E-state index in [1.165, 1.54) is 28.2 Å². The molecule has 3 unspecified atom stereocenters. The van der Waals surface area contributed by atoms with Crippen LogP contribution in [0.1, 0.15) is 38.7 Å². The van der Waals surface area contributed by atoms with Crippen molar-refractivity contribution in [3.05, 3.63) is 29.6 Å². The van der Waals surface area contributed by atoms with Crippen molar-refractivity contribution in [1.82, 2.24) is 4.31 Å². The second-order valence-corrected chi connectivity index (χ2v) is 9.25. The first-order valence-electron chi connectivity index (χ1n) is 7.40. The molecular weight excluding hydrogens is 325 g/mol. The number of fused-ring (bicyclic) bond motifs is 1. The van der Waals surface area contributed by atoms with E-state index in [4.69, 9.17) is 0 Å². The lowest BCUT2D eigenvalue weighted by Gasteiger charge is -2.27. The van der Waals surface area contributed by atoms with Gasteiger partial charge in [-0.2, -0.15) is 4.31 Å². The van der Waals surface area contributed by atoms with E-state index in [0.29, 0.717) is 13.0 Å². The molecule has 0 aliphatic carbocycles. The third kappa shape index (κ3) is 3.48. The van der Waals surface area contributed by atoms with E-state index in [1.807, 2.05) is 13.8 Å². The summed E-state index contributed by atoms with van der Waals surface area (Å²) in [4.78, 5) is 0.816. The van der Waals surface area contributed by atoms with Crippen molar-refractivity contribution in [3.63, 3.8) is 0 Å². The van der Waals surface area contributed by atoms with Crippen molar-refractivity contribution < 1.29 is 17.9 Å². The molecule has 124 valence electrons. The summed E-state index contributed by atoms with van der Waals surface area (Å²) in [6.45, 7) is 5.76. The Hall–Kier alpha value is -0.630. The maximum atomic E-state index is 13.4. The molecule has 0 amide bonds. The summed E-state index contributed by atoms with van der Waals surface area (Å²) in [6.07, 6.45) is -0.0397. The Morgan fingerprint density at radius 2 is 2.14 bits per heavy atom. The van der Waals surface area contributed by atoms with Crippen molar-refractivity contribution >= 4 is 21.8 Å². The van der Waals surface area contributed by atoms with Crippen LogP contribution in [-0.4, -0.2) is 41.6 Å². The summed E-state index contributed by atoms with van der Waals surface area (Å²) in [7, 11) is -3.57. The number of aliphatic hydroxyl groups is 1. The Kier molecular flexibility index (Phi) is 5.53. The van der Waals surface area contributed by atoms with E-state index in [0.717, 1.165) is 10.5 Å². The number of halogens is 1. The van der Waals surface area contributed by atoms with Crippen LogP contribution in [0.3, 0.4) is 0 Å².